The molecule has 114 valence electrons. The fraction of sp³-hybridized carbons (Fsp3) is 0.250. The van der Waals surface area contributed by atoms with E-state index in [1.807, 2.05) is 48.7 Å². The summed E-state index contributed by atoms with van der Waals surface area (Å²) in [5.41, 5.74) is 2.67. The molecule has 0 aliphatic rings. The number of aryl methyl sites for hydroxylation is 1. The first-order chi connectivity index (χ1) is 10.8. The second-order valence-electron chi connectivity index (χ2n) is 4.90. The third-order valence-corrected chi connectivity index (χ3v) is 4.18. The van der Waals surface area contributed by atoms with E-state index in [0.717, 1.165) is 16.3 Å². The molecule has 1 aromatic carbocycles. The molecule has 22 heavy (non-hydrogen) atoms. The summed E-state index contributed by atoms with van der Waals surface area (Å²) in [5, 5.41) is 19.6. The molecule has 0 spiro atoms. The number of rotatable bonds is 6. The highest BCUT2D eigenvalue weighted by molar-refractivity contribution is 7.13. The molecule has 1 N–H and O–H groups in total. The van der Waals surface area contributed by atoms with Gasteiger partial charge in [-0.05, 0) is 30.5 Å². The van der Waals surface area contributed by atoms with Crippen molar-refractivity contribution in [2.75, 3.05) is 6.61 Å². The van der Waals surface area contributed by atoms with Crippen LogP contribution in [0.2, 0.25) is 0 Å². The van der Waals surface area contributed by atoms with Crippen molar-refractivity contribution in [1.82, 2.24) is 15.0 Å². The fourth-order valence-electron chi connectivity index (χ4n) is 2.18. The van der Waals surface area contributed by atoms with Crippen LogP contribution in [0.3, 0.4) is 0 Å². The van der Waals surface area contributed by atoms with E-state index < -0.39 is 0 Å². The van der Waals surface area contributed by atoms with Gasteiger partial charge < -0.3 is 9.84 Å². The highest BCUT2D eigenvalue weighted by Gasteiger charge is 2.15. The van der Waals surface area contributed by atoms with Crippen LogP contribution in [0.5, 0.6) is 5.75 Å². The van der Waals surface area contributed by atoms with Crippen LogP contribution in [0.4, 0.5) is 0 Å². The van der Waals surface area contributed by atoms with Crippen molar-refractivity contribution in [3.63, 3.8) is 0 Å². The van der Waals surface area contributed by atoms with Gasteiger partial charge in [0.1, 0.15) is 23.7 Å². The minimum Gasteiger partial charge on any atom is -0.492 e. The Balaban J connectivity index is 1.70. The van der Waals surface area contributed by atoms with Crippen molar-refractivity contribution in [3.8, 4) is 16.3 Å². The second kappa shape index (κ2) is 6.72. The number of aliphatic hydroxyl groups is 1. The number of ether oxygens (including phenoxy) is 1. The Bertz CT molecular complexity index is 720. The van der Waals surface area contributed by atoms with E-state index in [2.05, 4.69) is 10.3 Å². The molecule has 3 rings (SSSR count). The SMILES string of the molecule is Cc1ccc(OCCn2nnc(CO)c2-c2cccs2)cc1. The highest BCUT2D eigenvalue weighted by Crippen LogP contribution is 2.27. The van der Waals surface area contributed by atoms with Crippen LogP contribution >= 0.6 is 11.3 Å². The predicted octanol–water partition coefficient (Wildman–Crippen LogP) is 2.89. The van der Waals surface area contributed by atoms with Crippen LogP contribution in [0.25, 0.3) is 10.6 Å². The number of nitrogens with zero attached hydrogens (tertiary/aromatic N) is 3. The van der Waals surface area contributed by atoms with Gasteiger partial charge in [0.15, 0.2) is 0 Å². The number of aromatic nitrogens is 3. The lowest BCUT2D eigenvalue weighted by molar-refractivity contribution is 0.277. The summed E-state index contributed by atoms with van der Waals surface area (Å²) in [7, 11) is 0. The van der Waals surface area contributed by atoms with Gasteiger partial charge in [-0.25, -0.2) is 4.68 Å². The van der Waals surface area contributed by atoms with Crippen molar-refractivity contribution in [3.05, 3.63) is 53.0 Å². The van der Waals surface area contributed by atoms with E-state index in [1.165, 1.54) is 5.56 Å². The third kappa shape index (κ3) is 3.18. The normalized spacial score (nSPS) is 10.8. The first-order valence-electron chi connectivity index (χ1n) is 7.04. The monoisotopic (exact) mass is 315 g/mol. The van der Waals surface area contributed by atoms with Gasteiger partial charge in [0.2, 0.25) is 0 Å². The zero-order valence-electron chi connectivity index (χ0n) is 12.3. The molecule has 6 heteroatoms. The number of hydrogen-bond donors (Lipinski definition) is 1. The predicted molar refractivity (Wildman–Crippen MR) is 85.9 cm³/mol. The Morgan fingerprint density at radius 3 is 2.73 bits per heavy atom. The third-order valence-electron chi connectivity index (χ3n) is 3.30. The van der Waals surface area contributed by atoms with Crippen LogP contribution in [-0.2, 0) is 13.2 Å². The number of aliphatic hydroxyl groups excluding tert-OH is 1. The summed E-state index contributed by atoms with van der Waals surface area (Å²) < 4.78 is 7.52. The Morgan fingerprint density at radius 2 is 2.05 bits per heavy atom. The highest BCUT2D eigenvalue weighted by atomic mass is 32.1. The smallest absolute Gasteiger partial charge is 0.119 e. The molecule has 3 aromatic rings. The molecular formula is C16H17N3O2S. The van der Waals surface area contributed by atoms with E-state index in [4.69, 9.17) is 4.74 Å². The van der Waals surface area contributed by atoms with Crippen LogP contribution in [0.15, 0.2) is 41.8 Å². The Labute approximate surface area is 132 Å². The number of hydrogen-bond acceptors (Lipinski definition) is 5. The molecule has 0 atom stereocenters. The van der Waals surface area contributed by atoms with Gasteiger partial charge in [-0.3, -0.25) is 0 Å². The van der Waals surface area contributed by atoms with Gasteiger partial charge >= 0.3 is 0 Å². The molecular weight excluding hydrogens is 298 g/mol. The topological polar surface area (TPSA) is 60.2 Å². The largest absolute Gasteiger partial charge is 0.492 e. The molecule has 2 heterocycles. The maximum atomic E-state index is 9.42. The Hall–Kier alpha value is -2.18. The van der Waals surface area contributed by atoms with E-state index >= 15 is 0 Å². The second-order valence-corrected chi connectivity index (χ2v) is 5.85. The molecule has 0 saturated heterocycles. The van der Waals surface area contributed by atoms with Gasteiger partial charge in [0.25, 0.3) is 0 Å². The van der Waals surface area contributed by atoms with E-state index in [-0.39, 0.29) is 6.61 Å². The van der Waals surface area contributed by atoms with E-state index in [1.54, 1.807) is 16.0 Å². The molecule has 0 aliphatic carbocycles. The van der Waals surface area contributed by atoms with E-state index in [9.17, 15) is 5.11 Å². The molecule has 0 aliphatic heterocycles. The molecule has 0 radical (unpaired) electrons. The lowest BCUT2D eigenvalue weighted by Gasteiger charge is -2.08. The first-order valence-corrected chi connectivity index (χ1v) is 7.92. The van der Waals surface area contributed by atoms with Crippen molar-refractivity contribution in [2.24, 2.45) is 0 Å². The zero-order valence-corrected chi connectivity index (χ0v) is 13.1. The average Bonchev–Trinajstić information content (AvgIpc) is 3.17. The van der Waals surface area contributed by atoms with Crippen LogP contribution in [-0.4, -0.2) is 26.7 Å². The van der Waals surface area contributed by atoms with Crippen LogP contribution in [0, 0.1) is 6.92 Å². The maximum Gasteiger partial charge on any atom is 0.119 e. The number of thiophene rings is 1. The van der Waals surface area contributed by atoms with Gasteiger partial charge in [0, 0.05) is 0 Å². The van der Waals surface area contributed by atoms with E-state index in [0.29, 0.717) is 18.8 Å². The molecule has 0 bridgehead atoms. The van der Waals surface area contributed by atoms with Gasteiger partial charge in [-0.2, -0.15) is 0 Å². The lowest BCUT2D eigenvalue weighted by atomic mass is 10.2. The van der Waals surface area contributed by atoms with Gasteiger partial charge in [-0.15, -0.1) is 16.4 Å². The minimum absolute atomic E-state index is 0.119. The molecule has 0 fully saturated rings. The summed E-state index contributed by atoms with van der Waals surface area (Å²) in [5.74, 6) is 0.839. The van der Waals surface area contributed by atoms with Crippen LogP contribution in [0.1, 0.15) is 11.3 Å². The molecule has 0 saturated carbocycles. The average molecular weight is 315 g/mol. The number of benzene rings is 1. The fourth-order valence-corrected chi connectivity index (χ4v) is 2.97. The first kappa shape index (κ1) is 14.7. The van der Waals surface area contributed by atoms with Gasteiger partial charge in [0.05, 0.1) is 18.0 Å². The standard InChI is InChI=1S/C16H17N3O2S/c1-12-4-6-13(7-5-12)21-9-8-19-16(14(11-20)17-18-19)15-3-2-10-22-15/h2-7,10,20H,8-9,11H2,1H3. The molecule has 2 aromatic heterocycles. The van der Waals surface area contributed by atoms with Crippen molar-refractivity contribution < 1.29 is 9.84 Å². The molecule has 0 unspecified atom stereocenters. The Morgan fingerprint density at radius 1 is 1.23 bits per heavy atom. The summed E-state index contributed by atoms with van der Waals surface area (Å²) in [4.78, 5) is 1.05. The van der Waals surface area contributed by atoms with Crippen LogP contribution < -0.4 is 4.74 Å². The maximum absolute atomic E-state index is 9.42. The quantitative estimate of drug-likeness (QED) is 0.760. The summed E-state index contributed by atoms with van der Waals surface area (Å²) in [6, 6.07) is 11.9. The molecule has 0 amide bonds. The zero-order chi connectivity index (χ0) is 15.4. The Kier molecular flexibility index (Phi) is 4.50. The summed E-state index contributed by atoms with van der Waals surface area (Å²) in [6.07, 6.45) is 0. The van der Waals surface area contributed by atoms with Crippen molar-refractivity contribution in [1.29, 1.82) is 0 Å². The van der Waals surface area contributed by atoms with Gasteiger partial charge in [-0.1, -0.05) is 29.0 Å². The minimum atomic E-state index is -0.119. The molecule has 5 nitrogen and oxygen atoms in total. The summed E-state index contributed by atoms with van der Waals surface area (Å²) >= 11 is 1.60. The summed E-state index contributed by atoms with van der Waals surface area (Å²) in [6.45, 7) is 3.00. The lowest BCUT2D eigenvalue weighted by Crippen LogP contribution is -2.10. The van der Waals surface area contributed by atoms with Crippen molar-refractivity contribution in [2.45, 2.75) is 20.1 Å². The van der Waals surface area contributed by atoms with Crippen molar-refractivity contribution >= 4 is 11.3 Å².